The highest BCUT2D eigenvalue weighted by atomic mass is 35.5. The molecule has 0 bridgehead atoms. The first-order valence-corrected chi connectivity index (χ1v) is 14.5. The molecule has 216 valence electrons. The summed E-state index contributed by atoms with van der Waals surface area (Å²) in [5.41, 5.74) is 2.34. The molecular weight excluding hydrogens is 575 g/mol. The van der Waals surface area contributed by atoms with E-state index < -0.39 is 0 Å². The minimum Gasteiger partial charge on any atom is -0.306 e. The largest absolute Gasteiger partial charge is 0.306 e. The fourth-order valence-electron chi connectivity index (χ4n) is 4.57. The standard InChI is InChI=1S/2C15H15ClN4O/c1-2-5-13-17-18-14-15(21)19(8-9-20(13)14)10-11-6-3-4-7-12(11)16;1-2-3-13-17-18-14-15(21)19(8-9-20(13)14)10-11-4-6-12(16)7-5-11/h3-4,6-9H,2,5,10H2,1H3;4-9H,2-3,10H2,1H3. The van der Waals surface area contributed by atoms with Crippen molar-refractivity contribution < 1.29 is 0 Å². The van der Waals surface area contributed by atoms with Gasteiger partial charge in [-0.05, 0) is 42.2 Å². The van der Waals surface area contributed by atoms with Crippen molar-refractivity contribution in [2.45, 2.75) is 52.6 Å². The van der Waals surface area contributed by atoms with Crippen molar-refractivity contribution in [2.24, 2.45) is 0 Å². The molecule has 0 fully saturated rings. The third kappa shape index (κ3) is 6.29. The van der Waals surface area contributed by atoms with Crippen molar-refractivity contribution in [3.05, 3.63) is 127 Å². The number of hydrogen-bond donors (Lipinski definition) is 0. The molecule has 0 spiro atoms. The second kappa shape index (κ2) is 13.1. The summed E-state index contributed by atoms with van der Waals surface area (Å²) in [5, 5.41) is 17.5. The fraction of sp³-hybridized carbons (Fsp3) is 0.267. The average molecular weight is 606 g/mol. The minimum absolute atomic E-state index is 0.137. The van der Waals surface area contributed by atoms with Gasteiger partial charge in [-0.15, -0.1) is 20.4 Å². The first kappa shape index (κ1) is 29.2. The molecule has 0 saturated carbocycles. The van der Waals surface area contributed by atoms with Gasteiger partial charge in [0, 0.05) is 47.7 Å². The van der Waals surface area contributed by atoms with Gasteiger partial charge in [0.05, 0.1) is 13.1 Å². The Morgan fingerprint density at radius 1 is 0.643 bits per heavy atom. The highest BCUT2D eigenvalue weighted by Gasteiger charge is 2.12. The number of halogens is 2. The van der Waals surface area contributed by atoms with E-state index in [0.29, 0.717) is 34.4 Å². The SMILES string of the molecule is CCCc1nnc2c(=O)n(Cc3ccc(Cl)cc3)ccn12.CCCc1nnc2c(=O)n(Cc3ccccc3Cl)ccn12. The minimum atomic E-state index is -0.160. The van der Waals surface area contributed by atoms with E-state index >= 15 is 0 Å². The van der Waals surface area contributed by atoms with Gasteiger partial charge in [-0.25, -0.2) is 0 Å². The predicted molar refractivity (Wildman–Crippen MR) is 164 cm³/mol. The molecule has 10 nitrogen and oxygen atoms in total. The molecule has 0 atom stereocenters. The Hall–Kier alpha value is -4.28. The summed E-state index contributed by atoms with van der Waals surface area (Å²) in [6.07, 6.45) is 10.7. The van der Waals surface area contributed by atoms with Crippen LogP contribution in [0.4, 0.5) is 0 Å². The molecule has 6 aromatic rings. The smallest absolute Gasteiger partial charge is 0.296 e. The van der Waals surface area contributed by atoms with E-state index in [1.807, 2.05) is 60.9 Å². The first-order chi connectivity index (χ1) is 20.4. The van der Waals surface area contributed by atoms with Crippen LogP contribution in [-0.4, -0.2) is 38.3 Å². The topological polar surface area (TPSA) is 104 Å². The van der Waals surface area contributed by atoms with E-state index in [1.54, 1.807) is 30.3 Å². The summed E-state index contributed by atoms with van der Waals surface area (Å²) in [6.45, 7) is 5.05. The number of aromatic nitrogens is 8. The quantitative estimate of drug-likeness (QED) is 0.240. The first-order valence-electron chi connectivity index (χ1n) is 13.7. The molecule has 0 saturated heterocycles. The Morgan fingerprint density at radius 3 is 1.69 bits per heavy atom. The highest BCUT2D eigenvalue weighted by molar-refractivity contribution is 6.31. The van der Waals surface area contributed by atoms with E-state index in [9.17, 15) is 9.59 Å². The van der Waals surface area contributed by atoms with Crippen LogP contribution >= 0.6 is 23.2 Å². The van der Waals surface area contributed by atoms with Crippen LogP contribution in [0.1, 0.15) is 49.5 Å². The zero-order valence-electron chi connectivity index (χ0n) is 23.3. The number of fused-ring (bicyclic) bond motifs is 2. The van der Waals surface area contributed by atoms with Crippen LogP contribution in [0.15, 0.2) is 82.9 Å². The average Bonchev–Trinajstić information content (AvgIpc) is 3.60. The van der Waals surface area contributed by atoms with Crippen molar-refractivity contribution in [1.29, 1.82) is 0 Å². The fourth-order valence-corrected chi connectivity index (χ4v) is 4.89. The molecule has 4 aromatic heterocycles. The van der Waals surface area contributed by atoms with Gasteiger partial charge < -0.3 is 9.13 Å². The van der Waals surface area contributed by atoms with Crippen molar-refractivity contribution in [1.82, 2.24) is 38.3 Å². The molecule has 0 unspecified atom stereocenters. The molecule has 0 aliphatic heterocycles. The molecule has 0 radical (unpaired) electrons. The molecule has 42 heavy (non-hydrogen) atoms. The van der Waals surface area contributed by atoms with Crippen LogP contribution < -0.4 is 11.1 Å². The van der Waals surface area contributed by atoms with E-state index in [1.165, 1.54) is 0 Å². The van der Waals surface area contributed by atoms with Gasteiger partial charge >= 0.3 is 0 Å². The van der Waals surface area contributed by atoms with Crippen molar-refractivity contribution in [3.63, 3.8) is 0 Å². The van der Waals surface area contributed by atoms with E-state index in [0.717, 1.165) is 48.5 Å². The zero-order chi connectivity index (χ0) is 29.6. The Labute approximate surface area is 251 Å². The molecule has 0 aliphatic carbocycles. The summed E-state index contributed by atoms with van der Waals surface area (Å²) >= 11 is 12.0. The monoisotopic (exact) mass is 604 g/mol. The third-order valence-electron chi connectivity index (χ3n) is 6.74. The van der Waals surface area contributed by atoms with Crippen molar-refractivity contribution in [2.75, 3.05) is 0 Å². The van der Waals surface area contributed by atoms with Gasteiger partial charge in [0.25, 0.3) is 11.1 Å². The van der Waals surface area contributed by atoms with E-state index in [-0.39, 0.29) is 11.1 Å². The van der Waals surface area contributed by atoms with Gasteiger partial charge in [0.1, 0.15) is 11.6 Å². The lowest BCUT2D eigenvalue weighted by Gasteiger charge is -2.08. The van der Waals surface area contributed by atoms with Gasteiger partial charge in [0.15, 0.2) is 0 Å². The molecule has 4 heterocycles. The second-order valence-corrected chi connectivity index (χ2v) is 10.6. The summed E-state index contributed by atoms with van der Waals surface area (Å²) in [5.74, 6) is 1.64. The summed E-state index contributed by atoms with van der Waals surface area (Å²) in [7, 11) is 0. The van der Waals surface area contributed by atoms with E-state index in [4.69, 9.17) is 23.2 Å². The third-order valence-corrected chi connectivity index (χ3v) is 7.36. The second-order valence-electron chi connectivity index (χ2n) is 9.80. The maximum Gasteiger partial charge on any atom is 0.296 e. The predicted octanol–water partition coefficient (Wildman–Crippen LogP) is 5.09. The molecule has 12 heteroatoms. The van der Waals surface area contributed by atoms with Crippen LogP contribution in [0.3, 0.4) is 0 Å². The van der Waals surface area contributed by atoms with Crippen LogP contribution in [0.25, 0.3) is 11.3 Å². The Bertz CT molecular complexity index is 1940. The number of hydrogen-bond acceptors (Lipinski definition) is 6. The highest BCUT2D eigenvalue weighted by Crippen LogP contribution is 2.16. The Kier molecular flexibility index (Phi) is 9.14. The maximum atomic E-state index is 12.5. The van der Waals surface area contributed by atoms with Crippen LogP contribution in [-0.2, 0) is 25.9 Å². The van der Waals surface area contributed by atoms with Crippen LogP contribution in [0, 0.1) is 0 Å². The maximum absolute atomic E-state index is 12.5. The molecule has 2 aromatic carbocycles. The van der Waals surface area contributed by atoms with Gasteiger partial charge in [0.2, 0.25) is 11.3 Å². The summed E-state index contributed by atoms with van der Waals surface area (Å²) in [4.78, 5) is 24.9. The lowest BCUT2D eigenvalue weighted by atomic mass is 10.2. The lowest BCUT2D eigenvalue weighted by molar-refractivity contribution is 0.744. The Balaban J connectivity index is 0.000000168. The van der Waals surface area contributed by atoms with E-state index in [2.05, 4.69) is 34.2 Å². The Morgan fingerprint density at radius 2 is 1.17 bits per heavy atom. The zero-order valence-corrected chi connectivity index (χ0v) is 24.8. The van der Waals surface area contributed by atoms with Crippen LogP contribution in [0.2, 0.25) is 10.0 Å². The van der Waals surface area contributed by atoms with Crippen molar-refractivity contribution >= 4 is 34.5 Å². The number of benzene rings is 2. The number of nitrogens with zero attached hydrogens (tertiary/aromatic N) is 8. The number of rotatable bonds is 8. The normalized spacial score (nSPS) is 11.1. The molecule has 0 aliphatic rings. The summed E-state index contributed by atoms with van der Waals surface area (Å²) in [6, 6.07) is 14.9. The molecule has 6 rings (SSSR count). The lowest BCUT2D eigenvalue weighted by Crippen LogP contribution is -2.22. The van der Waals surface area contributed by atoms with Crippen molar-refractivity contribution in [3.8, 4) is 0 Å². The molecule has 0 amide bonds. The van der Waals surface area contributed by atoms with Gasteiger partial charge in [-0.1, -0.05) is 67.4 Å². The number of aryl methyl sites for hydroxylation is 2. The van der Waals surface area contributed by atoms with Gasteiger partial charge in [-0.3, -0.25) is 18.4 Å². The van der Waals surface area contributed by atoms with Gasteiger partial charge in [-0.2, -0.15) is 0 Å². The van der Waals surface area contributed by atoms with Crippen LogP contribution in [0.5, 0.6) is 0 Å². The molecular formula is C30H30Cl2N8O2. The summed E-state index contributed by atoms with van der Waals surface area (Å²) < 4.78 is 6.75. The molecule has 0 N–H and O–H groups in total.